The molecule has 0 spiro atoms. The number of hydrogen-bond acceptors (Lipinski definition) is 3. The van der Waals surface area contributed by atoms with Crippen LogP contribution in [0.3, 0.4) is 0 Å². The van der Waals surface area contributed by atoms with Gasteiger partial charge in [0.1, 0.15) is 0 Å². The first-order valence-corrected chi connectivity index (χ1v) is 7.54. The van der Waals surface area contributed by atoms with Crippen molar-refractivity contribution in [1.29, 1.82) is 0 Å². The zero-order valence-corrected chi connectivity index (χ0v) is 12.9. The number of halogens is 1. The minimum atomic E-state index is 0.199. The zero-order valence-electron chi connectivity index (χ0n) is 11.3. The highest BCUT2D eigenvalue weighted by Crippen LogP contribution is 2.22. The van der Waals surface area contributed by atoms with Gasteiger partial charge in [0.25, 0.3) is 0 Å². The van der Waals surface area contributed by atoms with Crippen LogP contribution in [0.1, 0.15) is 25.6 Å². The third-order valence-electron chi connectivity index (χ3n) is 2.93. The van der Waals surface area contributed by atoms with Crippen molar-refractivity contribution in [3.05, 3.63) is 21.3 Å². The van der Waals surface area contributed by atoms with Gasteiger partial charge >= 0.3 is 0 Å². The summed E-state index contributed by atoms with van der Waals surface area (Å²) < 4.78 is 0.802. The van der Waals surface area contributed by atoms with E-state index >= 15 is 0 Å². The lowest BCUT2D eigenvalue weighted by molar-refractivity contribution is -0.132. The fourth-order valence-corrected chi connectivity index (χ4v) is 2.93. The Morgan fingerprint density at radius 1 is 1.22 bits per heavy atom. The van der Waals surface area contributed by atoms with Crippen LogP contribution in [0.15, 0.2) is 12.1 Å². The predicted octanol–water partition coefficient (Wildman–Crippen LogP) is 3.09. The van der Waals surface area contributed by atoms with Crippen molar-refractivity contribution in [2.24, 2.45) is 0 Å². The van der Waals surface area contributed by atoms with Gasteiger partial charge in [-0.3, -0.25) is 9.69 Å². The molecular formula is C13H21ClN2OS. The van der Waals surface area contributed by atoms with Crippen LogP contribution < -0.4 is 0 Å². The normalized spacial score (nSPS) is 10.9. The van der Waals surface area contributed by atoms with Crippen LogP contribution in [0.4, 0.5) is 0 Å². The van der Waals surface area contributed by atoms with Crippen LogP contribution >= 0.6 is 22.9 Å². The first-order chi connectivity index (χ1) is 8.60. The summed E-state index contributed by atoms with van der Waals surface area (Å²) in [5, 5.41) is 0. The van der Waals surface area contributed by atoms with E-state index in [4.69, 9.17) is 11.6 Å². The average Bonchev–Trinajstić information content (AvgIpc) is 2.75. The third-order valence-corrected chi connectivity index (χ3v) is 4.15. The Bertz CT molecular complexity index is 377. The molecule has 18 heavy (non-hydrogen) atoms. The van der Waals surface area contributed by atoms with E-state index < -0.39 is 0 Å². The molecule has 102 valence electrons. The van der Waals surface area contributed by atoms with Crippen molar-refractivity contribution in [2.75, 3.05) is 26.2 Å². The molecule has 1 aromatic rings. The van der Waals surface area contributed by atoms with Gasteiger partial charge in [-0.25, -0.2) is 0 Å². The van der Waals surface area contributed by atoms with Crippen LogP contribution in [0, 0.1) is 0 Å². The van der Waals surface area contributed by atoms with Gasteiger partial charge in [-0.1, -0.05) is 18.5 Å². The Hall–Kier alpha value is -0.580. The number of hydrogen-bond donors (Lipinski definition) is 0. The summed E-state index contributed by atoms with van der Waals surface area (Å²) in [5.41, 5.74) is 0. The second kappa shape index (κ2) is 7.77. The summed E-state index contributed by atoms with van der Waals surface area (Å²) in [5.74, 6) is 0.199. The Balaban J connectivity index is 2.54. The lowest BCUT2D eigenvalue weighted by atomic mass is 10.3. The smallest absolute Gasteiger partial charge is 0.236 e. The summed E-state index contributed by atoms with van der Waals surface area (Å²) >= 11 is 7.49. The number of carbonyl (C=O) groups is 1. The van der Waals surface area contributed by atoms with E-state index in [2.05, 4.69) is 11.8 Å². The maximum Gasteiger partial charge on any atom is 0.236 e. The van der Waals surface area contributed by atoms with E-state index in [1.807, 2.05) is 30.9 Å². The third kappa shape index (κ3) is 4.59. The molecule has 0 saturated heterocycles. The maximum absolute atomic E-state index is 12.0. The van der Waals surface area contributed by atoms with E-state index in [9.17, 15) is 4.79 Å². The van der Waals surface area contributed by atoms with Gasteiger partial charge in [0, 0.05) is 24.5 Å². The molecule has 1 amide bonds. The van der Waals surface area contributed by atoms with Crippen LogP contribution in [0.25, 0.3) is 0 Å². The van der Waals surface area contributed by atoms with Gasteiger partial charge < -0.3 is 4.90 Å². The quantitative estimate of drug-likeness (QED) is 0.770. The molecule has 0 aliphatic rings. The van der Waals surface area contributed by atoms with Crippen LogP contribution in [-0.2, 0) is 11.3 Å². The molecule has 0 unspecified atom stereocenters. The van der Waals surface area contributed by atoms with Crippen molar-refractivity contribution in [2.45, 2.75) is 27.3 Å². The van der Waals surface area contributed by atoms with Crippen molar-refractivity contribution in [3.63, 3.8) is 0 Å². The van der Waals surface area contributed by atoms with E-state index in [1.54, 1.807) is 11.3 Å². The number of nitrogens with zero attached hydrogens (tertiary/aromatic N) is 2. The molecule has 0 fully saturated rings. The summed E-state index contributed by atoms with van der Waals surface area (Å²) in [6.07, 6.45) is 0. The lowest BCUT2D eigenvalue weighted by Gasteiger charge is -2.24. The minimum absolute atomic E-state index is 0.199. The Labute approximate surface area is 118 Å². The largest absolute Gasteiger partial charge is 0.342 e. The van der Waals surface area contributed by atoms with E-state index in [0.717, 1.165) is 30.5 Å². The fraction of sp³-hybridized carbons (Fsp3) is 0.615. The molecule has 0 radical (unpaired) electrons. The second-order valence-electron chi connectivity index (χ2n) is 4.08. The Kier molecular flexibility index (Phi) is 6.68. The molecule has 3 nitrogen and oxygen atoms in total. The van der Waals surface area contributed by atoms with Crippen LogP contribution in [0.2, 0.25) is 4.34 Å². The number of rotatable bonds is 7. The summed E-state index contributed by atoms with van der Waals surface area (Å²) in [4.78, 5) is 17.2. The van der Waals surface area contributed by atoms with Crippen LogP contribution in [-0.4, -0.2) is 41.9 Å². The monoisotopic (exact) mass is 288 g/mol. The van der Waals surface area contributed by atoms with Crippen molar-refractivity contribution in [3.8, 4) is 0 Å². The standard InChI is InChI=1S/C13H21ClN2OS/c1-4-15(9-11-7-8-12(14)18-11)10-13(17)16(5-2)6-3/h7-8H,4-6,9-10H2,1-3H3. The Morgan fingerprint density at radius 2 is 1.89 bits per heavy atom. The van der Waals surface area contributed by atoms with Gasteiger partial charge in [0.15, 0.2) is 0 Å². The summed E-state index contributed by atoms with van der Waals surface area (Å²) in [7, 11) is 0. The summed E-state index contributed by atoms with van der Waals surface area (Å²) in [6, 6.07) is 3.93. The SMILES string of the molecule is CCN(CC(=O)N(CC)CC)Cc1ccc(Cl)s1. The van der Waals surface area contributed by atoms with Crippen LogP contribution in [0.5, 0.6) is 0 Å². The van der Waals surface area contributed by atoms with Crippen molar-refractivity contribution in [1.82, 2.24) is 9.80 Å². The number of thiophene rings is 1. The predicted molar refractivity (Wildman–Crippen MR) is 78.2 cm³/mol. The van der Waals surface area contributed by atoms with Gasteiger partial charge in [-0.2, -0.15) is 0 Å². The Morgan fingerprint density at radius 3 is 2.33 bits per heavy atom. The maximum atomic E-state index is 12.0. The topological polar surface area (TPSA) is 23.6 Å². The highest BCUT2D eigenvalue weighted by molar-refractivity contribution is 7.16. The number of likely N-dealkylation sites (N-methyl/N-ethyl adjacent to an activating group) is 2. The summed E-state index contributed by atoms with van der Waals surface area (Å²) in [6.45, 7) is 9.78. The van der Waals surface area contributed by atoms with Crippen molar-refractivity contribution >= 4 is 28.8 Å². The molecule has 5 heteroatoms. The van der Waals surface area contributed by atoms with Gasteiger partial charge in [-0.05, 0) is 32.5 Å². The second-order valence-corrected chi connectivity index (χ2v) is 5.87. The van der Waals surface area contributed by atoms with Crippen molar-refractivity contribution < 1.29 is 4.79 Å². The first kappa shape index (κ1) is 15.5. The number of carbonyl (C=O) groups excluding carboxylic acids is 1. The van der Waals surface area contributed by atoms with E-state index in [0.29, 0.717) is 6.54 Å². The van der Waals surface area contributed by atoms with Gasteiger partial charge in [-0.15, -0.1) is 11.3 Å². The molecule has 0 saturated carbocycles. The minimum Gasteiger partial charge on any atom is -0.342 e. The average molecular weight is 289 g/mol. The molecule has 0 atom stereocenters. The molecule has 0 aromatic carbocycles. The molecule has 0 aliphatic heterocycles. The highest BCUT2D eigenvalue weighted by Gasteiger charge is 2.14. The molecule has 0 aliphatic carbocycles. The molecule has 1 heterocycles. The molecule has 1 aromatic heterocycles. The highest BCUT2D eigenvalue weighted by atomic mass is 35.5. The lowest BCUT2D eigenvalue weighted by Crippen LogP contribution is -2.39. The molecule has 1 rings (SSSR count). The number of amides is 1. The fourth-order valence-electron chi connectivity index (χ4n) is 1.80. The zero-order chi connectivity index (χ0) is 13.5. The van der Waals surface area contributed by atoms with E-state index in [1.165, 1.54) is 4.88 Å². The molecule has 0 bridgehead atoms. The first-order valence-electron chi connectivity index (χ1n) is 6.35. The van der Waals surface area contributed by atoms with Gasteiger partial charge in [0.05, 0.1) is 10.9 Å². The van der Waals surface area contributed by atoms with E-state index in [-0.39, 0.29) is 5.91 Å². The molecular weight excluding hydrogens is 268 g/mol. The molecule has 0 N–H and O–H groups in total. The van der Waals surface area contributed by atoms with Gasteiger partial charge in [0.2, 0.25) is 5.91 Å².